The Morgan fingerprint density at radius 1 is 1.30 bits per heavy atom. The molecular weight excluding hydrogens is 286 g/mol. The molecule has 0 atom stereocenters. The maximum Gasteiger partial charge on any atom is 0.270 e. The fourth-order valence-corrected chi connectivity index (χ4v) is 2.33. The SMILES string of the molecule is C=CCNC(=O)c1cc(N(Cc2ccccc2)C(C)C)ccn1. The first-order valence-electron chi connectivity index (χ1n) is 7.77. The summed E-state index contributed by atoms with van der Waals surface area (Å²) < 4.78 is 0. The van der Waals surface area contributed by atoms with Gasteiger partial charge in [0.25, 0.3) is 5.91 Å². The summed E-state index contributed by atoms with van der Waals surface area (Å²) in [6, 6.07) is 14.4. The second-order valence-corrected chi connectivity index (χ2v) is 5.61. The number of carbonyl (C=O) groups excluding carboxylic acids is 1. The third-order valence-electron chi connectivity index (χ3n) is 3.53. The van der Waals surface area contributed by atoms with Gasteiger partial charge in [0, 0.05) is 31.0 Å². The first kappa shape index (κ1) is 16.7. The van der Waals surface area contributed by atoms with Crippen LogP contribution in [-0.2, 0) is 6.54 Å². The average molecular weight is 309 g/mol. The van der Waals surface area contributed by atoms with E-state index in [0.717, 1.165) is 12.2 Å². The number of carbonyl (C=O) groups is 1. The molecule has 1 aromatic heterocycles. The first-order valence-corrected chi connectivity index (χ1v) is 7.77. The number of rotatable bonds is 7. The Labute approximate surface area is 137 Å². The molecule has 2 rings (SSSR count). The van der Waals surface area contributed by atoms with Crippen LogP contribution in [0.25, 0.3) is 0 Å². The molecule has 0 radical (unpaired) electrons. The largest absolute Gasteiger partial charge is 0.365 e. The van der Waals surface area contributed by atoms with Gasteiger partial charge in [0.2, 0.25) is 0 Å². The van der Waals surface area contributed by atoms with Gasteiger partial charge in [-0.2, -0.15) is 0 Å². The Kier molecular flexibility index (Phi) is 5.92. The minimum absolute atomic E-state index is 0.185. The third kappa shape index (κ3) is 4.68. The highest BCUT2D eigenvalue weighted by Crippen LogP contribution is 2.20. The van der Waals surface area contributed by atoms with Crippen LogP contribution in [-0.4, -0.2) is 23.5 Å². The number of nitrogens with zero attached hydrogens (tertiary/aromatic N) is 2. The third-order valence-corrected chi connectivity index (χ3v) is 3.53. The molecule has 0 aliphatic heterocycles. The average Bonchev–Trinajstić information content (AvgIpc) is 2.58. The van der Waals surface area contributed by atoms with Crippen LogP contribution in [0.1, 0.15) is 29.9 Å². The van der Waals surface area contributed by atoms with Crippen LogP contribution in [0.4, 0.5) is 5.69 Å². The van der Waals surface area contributed by atoms with Gasteiger partial charge in [0.15, 0.2) is 0 Å². The summed E-state index contributed by atoms with van der Waals surface area (Å²) in [5.74, 6) is -0.185. The normalized spacial score (nSPS) is 10.4. The van der Waals surface area contributed by atoms with E-state index in [4.69, 9.17) is 0 Å². The van der Waals surface area contributed by atoms with Gasteiger partial charge in [-0.3, -0.25) is 9.78 Å². The second-order valence-electron chi connectivity index (χ2n) is 5.61. The maximum absolute atomic E-state index is 12.1. The molecule has 120 valence electrons. The first-order chi connectivity index (χ1) is 11.1. The molecule has 4 nitrogen and oxygen atoms in total. The van der Waals surface area contributed by atoms with Gasteiger partial charge < -0.3 is 10.2 Å². The molecule has 1 heterocycles. The molecule has 23 heavy (non-hydrogen) atoms. The standard InChI is InChI=1S/C19H23N3O/c1-4-11-21-19(23)18-13-17(10-12-20-18)22(15(2)3)14-16-8-6-5-7-9-16/h4-10,12-13,15H,1,11,14H2,2-3H3,(H,21,23). The minimum atomic E-state index is -0.185. The van der Waals surface area contributed by atoms with Crippen LogP contribution in [0.2, 0.25) is 0 Å². The quantitative estimate of drug-likeness (QED) is 0.797. The molecule has 1 aromatic carbocycles. The number of hydrogen-bond donors (Lipinski definition) is 1. The second kappa shape index (κ2) is 8.13. The predicted molar refractivity (Wildman–Crippen MR) is 94.5 cm³/mol. The zero-order valence-electron chi connectivity index (χ0n) is 13.7. The molecule has 1 N–H and O–H groups in total. The van der Waals surface area contributed by atoms with Crippen LogP contribution >= 0.6 is 0 Å². The van der Waals surface area contributed by atoms with Crippen molar-refractivity contribution in [2.75, 3.05) is 11.4 Å². The van der Waals surface area contributed by atoms with Gasteiger partial charge >= 0.3 is 0 Å². The van der Waals surface area contributed by atoms with Crippen molar-refractivity contribution in [3.63, 3.8) is 0 Å². The molecule has 0 bridgehead atoms. The molecule has 0 fully saturated rings. The molecule has 4 heteroatoms. The van der Waals surface area contributed by atoms with Crippen molar-refractivity contribution < 1.29 is 4.79 Å². The highest BCUT2D eigenvalue weighted by molar-refractivity contribution is 5.93. The van der Waals surface area contributed by atoms with Crippen LogP contribution in [0.15, 0.2) is 61.3 Å². The van der Waals surface area contributed by atoms with E-state index in [9.17, 15) is 4.79 Å². The zero-order valence-corrected chi connectivity index (χ0v) is 13.7. The van der Waals surface area contributed by atoms with E-state index in [-0.39, 0.29) is 5.91 Å². The lowest BCUT2D eigenvalue weighted by Gasteiger charge is -2.29. The summed E-state index contributed by atoms with van der Waals surface area (Å²) in [5, 5.41) is 2.76. The lowest BCUT2D eigenvalue weighted by atomic mass is 10.1. The number of hydrogen-bond acceptors (Lipinski definition) is 3. The summed E-state index contributed by atoms with van der Waals surface area (Å²) in [4.78, 5) is 18.5. The zero-order chi connectivity index (χ0) is 16.7. The van der Waals surface area contributed by atoms with Gasteiger partial charge in [-0.25, -0.2) is 0 Å². The Hall–Kier alpha value is -2.62. The highest BCUT2D eigenvalue weighted by atomic mass is 16.1. The topological polar surface area (TPSA) is 45.2 Å². The van der Waals surface area contributed by atoms with Gasteiger partial charge in [-0.1, -0.05) is 36.4 Å². The predicted octanol–water partition coefficient (Wildman–Crippen LogP) is 3.41. The van der Waals surface area contributed by atoms with E-state index >= 15 is 0 Å². The summed E-state index contributed by atoms with van der Waals surface area (Å²) in [6.45, 7) is 9.10. The lowest BCUT2D eigenvalue weighted by Crippen LogP contribution is -2.31. The molecule has 1 amide bonds. The van der Waals surface area contributed by atoms with Crippen molar-refractivity contribution in [1.29, 1.82) is 0 Å². The van der Waals surface area contributed by atoms with Crippen molar-refractivity contribution in [1.82, 2.24) is 10.3 Å². The summed E-state index contributed by atoms with van der Waals surface area (Å²) in [6.07, 6.45) is 3.33. The molecule has 0 spiro atoms. The summed E-state index contributed by atoms with van der Waals surface area (Å²) in [5.41, 5.74) is 2.64. The molecule has 0 unspecified atom stereocenters. The molecular formula is C19H23N3O. The molecule has 0 aliphatic carbocycles. The maximum atomic E-state index is 12.1. The van der Waals surface area contributed by atoms with E-state index in [0.29, 0.717) is 18.3 Å². The van der Waals surface area contributed by atoms with Crippen molar-refractivity contribution in [3.8, 4) is 0 Å². The Balaban J connectivity index is 2.22. The van der Waals surface area contributed by atoms with Crippen LogP contribution in [0.3, 0.4) is 0 Å². The molecule has 0 aliphatic rings. The van der Waals surface area contributed by atoms with E-state index < -0.39 is 0 Å². The highest BCUT2D eigenvalue weighted by Gasteiger charge is 2.14. The number of amides is 1. The smallest absolute Gasteiger partial charge is 0.270 e. The fourth-order valence-electron chi connectivity index (χ4n) is 2.33. The molecule has 0 saturated carbocycles. The number of nitrogens with one attached hydrogen (secondary N) is 1. The van der Waals surface area contributed by atoms with Gasteiger partial charge in [-0.15, -0.1) is 6.58 Å². The summed E-state index contributed by atoms with van der Waals surface area (Å²) >= 11 is 0. The van der Waals surface area contributed by atoms with Crippen molar-refractivity contribution >= 4 is 11.6 Å². The Bertz CT molecular complexity index is 653. The monoisotopic (exact) mass is 309 g/mol. The van der Waals surface area contributed by atoms with Crippen LogP contribution < -0.4 is 10.2 Å². The van der Waals surface area contributed by atoms with E-state index in [1.807, 2.05) is 30.3 Å². The van der Waals surface area contributed by atoms with E-state index in [2.05, 4.69) is 47.8 Å². The van der Waals surface area contributed by atoms with E-state index in [1.165, 1.54) is 5.56 Å². The molecule has 0 saturated heterocycles. The Morgan fingerprint density at radius 2 is 2.04 bits per heavy atom. The lowest BCUT2D eigenvalue weighted by molar-refractivity contribution is 0.0953. The fraction of sp³-hybridized carbons (Fsp3) is 0.263. The van der Waals surface area contributed by atoms with Crippen LogP contribution in [0.5, 0.6) is 0 Å². The van der Waals surface area contributed by atoms with Crippen molar-refractivity contribution in [3.05, 3.63) is 72.6 Å². The Morgan fingerprint density at radius 3 is 2.70 bits per heavy atom. The van der Waals surface area contributed by atoms with Gasteiger partial charge in [0.1, 0.15) is 5.69 Å². The summed E-state index contributed by atoms with van der Waals surface area (Å²) in [7, 11) is 0. The van der Waals surface area contributed by atoms with Crippen molar-refractivity contribution in [2.45, 2.75) is 26.4 Å². The van der Waals surface area contributed by atoms with Crippen LogP contribution in [0, 0.1) is 0 Å². The minimum Gasteiger partial charge on any atom is -0.365 e. The molecule has 2 aromatic rings. The van der Waals surface area contributed by atoms with Crippen molar-refractivity contribution in [2.24, 2.45) is 0 Å². The number of benzene rings is 1. The number of pyridine rings is 1. The number of aromatic nitrogens is 1. The number of anilines is 1. The van der Waals surface area contributed by atoms with E-state index in [1.54, 1.807) is 12.3 Å². The van der Waals surface area contributed by atoms with Gasteiger partial charge in [0.05, 0.1) is 0 Å². The van der Waals surface area contributed by atoms with Gasteiger partial charge in [-0.05, 0) is 31.5 Å².